The summed E-state index contributed by atoms with van der Waals surface area (Å²) in [6.45, 7) is 0. The maximum absolute atomic E-state index is 10.9. The Morgan fingerprint density at radius 2 is 2.46 bits per heavy atom. The second-order valence-electron chi connectivity index (χ2n) is 2.41. The highest BCUT2D eigenvalue weighted by Gasteiger charge is 2.04. The van der Waals surface area contributed by atoms with E-state index in [4.69, 9.17) is 5.11 Å². The van der Waals surface area contributed by atoms with Gasteiger partial charge in [0.2, 0.25) is 5.95 Å². The molecule has 1 aromatic rings. The van der Waals surface area contributed by atoms with Crippen LogP contribution in [0.1, 0.15) is 5.69 Å². The molecule has 1 aromatic heterocycles. The first kappa shape index (κ1) is 9.24. The van der Waals surface area contributed by atoms with E-state index in [0.29, 0.717) is 0 Å². The number of carboxylic acid groups (broad SMARTS) is 1. The van der Waals surface area contributed by atoms with Crippen LogP contribution in [0.15, 0.2) is 10.9 Å². The molecule has 0 amide bonds. The molecule has 0 spiro atoms. The number of carboxylic acids is 1. The number of hydrogen-bond acceptors (Lipinski definition) is 4. The molecule has 1 heterocycles. The van der Waals surface area contributed by atoms with Crippen molar-refractivity contribution in [2.24, 2.45) is 0 Å². The lowest BCUT2D eigenvalue weighted by molar-refractivity contribution is -0.136. The molecule has 13 heavy (non-hydrogen) atoms. The predicted octanol–water partition coefficient (Wildman–Crippen LogP) is -0.561. The minimum Gasteiger partial charge on any atom is -0.481 e. The Morgan fingerprint density at radius 1 is 1.77 bits per heavy atom. The smallest absolute Gasteiger partial charge is 0.309 e. The summed E-state index contributed by atoms with van der Waals surface area (Å²) in [5.41, 5.74) is -0.129. The number of nitrogens with one attached hydrogen (secondary N) is 2. The lowest BCUT2D eigenvalue weighted by Crippen LogP contribution is -2.14. The molecule has 0 aliphatic carbocycles. The van der Waals surface area contributed by atoms with Crippen LogP contribution in [0.5, 0.6) is 0 Å². The normalized spacial score (nSPS) is 9.62. The van der Waals surface area contributed by atoms with Gasteiger partial charge < -0.3 is 10.4 Å². The van der Waals surface area contributed by atoms with Crippen molar-refractivity contribution >= 4 is 11.9 Å². The SMILES string of the molecule is CNc1nc(CC(=O)O)cc(=O)[nH]1. The molecule has 0 radical (unpaired) electrons. The van der Waals surface area contributed by atoms with Gasteiger partial charge in [-0.1, -0.05) is 0 Å². The number of H-pyrrole nitrogens is 1. The molecule has 0 saturated carbocycles. The summed E-state index contributed by atoms with van der Waals surface area (Å²) in [7, 11) is 1.59. The van der Waals surface area contributed by atoms with Gasteiger partial charge in [0.05, 0.1) is 12.1 Å². The molecule has 0 unspecified atom stereocenters. The lowest BCUT2D eigenvalue weighted by atomic mass is 10.3. The maximum atomic E-state index is 10.9. The molecule has 0 bridgehead atoms. The molecule has 70 valence electrons. The fraction of sp³-hybridized carbons (Fsp3) is 0.286. The van der Waals surface area contributed by atoms with E-state index in [2.05, 4.69) is 15.3 Å². The van der Waals surface area contributed by atoms with Crippen LogP contribution in [0.4, 0.5) is 5.95 Å². The van der Waals surface area contributed by atoms with Crippen LogP contribution in [0.2, 0.25) is 0 Å². The Labute approximate surface area is 73.6 Å². The molecule has 0 aliphatic heterocycles. The number of carbonyl (C=O) groups is 1. The third-order valence-electron chi connectivity index (χ3n) is 1.36. The average molecular weight is 183 g/mol. The third-order valence-corrected chi connectivity index (χ3v) is 1.36. The number of aromatic nitrogens is 2. The average Bonchev–Trinajstić information content (AvgIpc) is 2.01. The standard InChI is InChI=1S/C7H9N3O3/c1-8-7-9-4(3-6(12)13)2-5(11)10-7/h2H,3H2,1H3,(H,12,13)(H2,8,9,10,11). The Kier molecular flexibility index (Phi) is 2.63. The molecule has 0 saturated heterocycles. The van der Waals surface area contributed by atoms with Gasteiger partial charge in [0.1, 0.15) is 0 Å². The summed E-state index contributed by atoms with van der Waals surface area (Å²) < 4.78 is 0. The van der Waals surface area contributed by atoms with Crippen LogP contribution in [0.3, 0.4) is 0 Å². The van der Waals surface area contributed by atoms with Crippen LogP contribution in [0, 0.1) is 0 Å². The van der Waals surface area contributed by atoms with Gasteiger partial charge in [0.15, 0.2) is 0 Å². The second-order valence-corrected chi connectivity index (χ2v) is 2.41. The van der Waals surface area contributed by atoms with Gasteiger partial charge >= 0.3 is 5.97 Å². The van der Waals surface area contributed by atoms with Crippen molar-refractivity contribution in [1.82, 2.24) is 9.97 Å². The zero-order valence-electron chi connectivity index (χ0n) is 7.00. The highest BCUT2D eigenvalue weighted by atomic mass is 16.4. The van der Waals surface area contributed by atoms with Crippen molar-refractivity contribution in [1.29, 1.82) is 0 Å². The van der Waals surface area contributed by atoms with Crippen LogP contribution < -0.4 is 10.9 Å². The van der Waals surface area contributed by atoms with E-state index < -0.39 is 5.97 Å². The zero-order valence-corrected chi connectivity index (χ0v) is 7.00. The molecule has 3 N–H and O–H groups in total. The molecular formula is C7H9N3O3. The van der Waals surface area contributed by atoms with Gasteiger partial charge in [0.25, 0.3) is 5.56 Å². The van der Waals surface area contributed by atoms with E-state index in [-0.39, 0.29) is 23.6 Å². The van der Waals surface area contributed by atoms with Crippen LogP contribution in [0.25, 0.3) is 0 Å². The van der Waals surface area contributed by atoms with E-state index in [1.165, 1.54) is 0 Å². The first-order valence-electron chi connectivity index (χ1n) is 3.61. The van der Waals surface area contributed by atoms with Crippen molar-refractivity contribution in [3.8, 4) is 0 Å². The zero-order chi connectivity index (χ0) is 9.84. The van der Waals surface area contributed by atoms with E-state index in [1.807, 2.05) is 0 Å². The number of anilines is 1. The van der Waals surface area contributed by atoms with E-state index in [9.17, 15) is 9.59 Å². The second kappa shape index (κ2) is 3.70. The molecular weight excluding hydrogens is 174 g/mol. The summed E-state index contributed by atoms with van der Waals surface area (Å²) >= 11 is 0. The van der Waals surface area contributed by atoms with E-state index in [0.717, 1.165) is 6.07 Å². The first-order chi connectivity index (χ1) is 6.11. The van der Waals surface area contributed by atoms with Crippen molar-refractivity contribution in [2.75, 3.05) is 12.4 Å². The van der Waals surface area contributed by atoms with Gasteiger partial charge in [-0.2, -0.15) is 0 Å². The highest BCUT2D eigenvalue weighted by molar-refractivity contribution is 5.69. The quantitative estimate of drug-likeness (QED) is 0.583. The summed E-state index contributed by atoms with van der Waals surface area (Å²) in [6, 6.07) is 1.16. The fourth-order valence-corrected chi connectivity index (χ4v) is 0.872. The topological polar surface area (TPSA) is 95.1 Å². The van der Waals surface area contributed by atoms with Crippen LogP contribution >= 0.6 is 0 Å². The molecule has 6 nitrogen and oxygen atoms in total. The van der Waals surface area contributed by atoms with Crippen LogP contribution in [-0.2, 0) is 11.2 Å². The van der Waals surface area contributed by atoms with Crippen molar-refractivity contribution in [3.05, 3.63) is 22.1 Å². The molecule has 0 atom stereocenters. The van der Waals surface area contributed by atoms with Crippen LogP contribution in [-0.4, -0.2) is 28.1 Å². The molecule has 0 aliphatic rings. The summed E-state index contributed by atoms with van der Waals surface area (Å²) in [5, 5.41) is 11.1. The number of aromatic amines is 1. The van der Waals surface area contributed by atoms with E-state index in [1.54, 1.807) is 7.05 Å². The molecule has 0 aromatic carbocycles. The van der Waals surface area contributed by atoms with Gasteiger partial charge in [-0.05, 0) is 0 Å². The Hall–Kier alpha value is -1.85. The number of rotatable bonds is 3. The van der Waals surface area contributed by atoms with Gasteiger partial charge in [0, 0.05) is 13.1 Å². The summed E-state index contributed by atoms with van der Waals surface area (Å²) in [4.78, 5) is 27.5. The Balaban J connectivity index is 3.01. The molecule has 1 rings (SSSR count). The molecule has 0 fully saturated rings. The number of nitrogens with zero attached hydrogens (tertiary/aromatic N) is 1. The molecule has 6 heteroatoms. The maximum Gasteiger partial charge on any atom is 0.309 e. The van der Waals surface area contributed by atoms with Crippen molar-refractivity contribution in [3.63, 3.8) is 0 Å². The van der Waals surface area contributed by atoms with Crippen molar-refractivity contribution in [2.45, 2.75) is 6.42 Å². The van der Waals surface area contributed by atoms with Gasteiger partial charge in [-0.3, -0.25) is 14.6 Å². The van der Waals surface area contributed by atoms with E-state index >= 15 is 0 Å². The Bertz CT molecular complexity index is 371. The summed E-state index contributed by atoms with van der Waals surface area (Å²) in [6.07, 6.45) is -0.251. The fourth-order valence-electron chi connectivity index (χ4n) is 0.872. The minimum atomic E-state index is -1.01. The minimum absolute atomic E-state index is 0.237. The predicted molar refractivity (Wildman–Crippen MR) is 45.7 cm³/mol. The van der Waals surface area contributed by atoms with Gasteiger partial charge in [-0.25, -0.2) is 4.98 Å². The summed E-state index contributed by atoms with van der Waals surface area (Å²) in [5.74, 6) is -0.746. The highest BCUT2D eigenvalue weighted by Crippen LogP contribution is 1.96. The largest absolute Gasteiger partial charge is 0.481 e. The van der Waals surface area contributed by atoms with Gasteiger partial charge in [-0.15, -0.1) is 0 Å². The monoisotopic (exact) mass is 183 g/mol. The third kappa shape index (κ3) is 2.58. The Morgan fingerprint density at radius 3 is 3.00 bits per heavy atom. The first-order valence-corrected chi connectivity index (χ1v) is 3.61. The lowest BCUT2D eigenvalue weighted by Gasteiger charge is -2.00. The van der Waals surface area contributed by atoms with Crippen molar-refractivity contribution < 1.29 is 9.90 Å². The number of hydrogen-bond donors (Lipinski definition) is 3. The number of aliphatic carboxylic acids is 1.